The van der Waals surface area contributed by atoms with Gasteiger partial charge in [0.2, 0.25) is 0 Å². The lowest BCUT2D eigenvalue weighted by atomic mass is 11.0. The third kappa shape index (κ3) is 807. The van der Waals surface area contributed by atoms with E-state index in [4.69, 9.17) is 29.4 Å². The van der Waals surface area contributed by atoms with Gasteiger partial charge < -0.3 is 29.4 Å². The molecule has 0 saturated heterocycles. The standard InChI is InChI=1S/C3H8S.2C2H6.2H3O3PS/c1-3-4-2;2*1-2;2*1-4(2,3)5/h3H2,1-2H3;2*1-2H3;2*(H3,1,2,3,5). The van der Waals surface area contributed by atoms with Crippen LogP contribution in [-0.4, -0.2) is 41.4 Å². The zero-order valence-corrected chi connectivity index (χ0v) is 15.7. The van der Waals surface area contributed by atoms with Gasteiger partial charge >= 0.3 is 13.4 Å². The fourth-order valence-corrected chi connectivity index (χ4v) is 0. The molecular weight excluding hydrogens is 338 g/mol. The van der Waals surface area contributed by atoms with Gasteiger partial charge in [0.25, 0.3) is 0 Å². The molecule has 0 aromatic rings. The van der Waals surface area contributed by atoms with Crippen LogP contribution in [-0.2, 0) is 23.6 Å². The van der Waals surface area contributed by atoms with Gasteiger partial charge in [-0.15, -0.1) is 0 Å². The van der Waals surface area contributed by atoms with Crippen molar-refractivity contribution in [1.82, 2.24) is 0 Å². The van der Waals surface area contributed by atoms with Gasteiger partial charge in [0, 0.05) is 0 Å². The summed E-state index contributed by atoms with van der Waals surface area (Å²) in [6.07, 6.45) is 2.10. The molecule has 0 aromatic heterocycles. The highest BCUT2D eigenvalue weighted by molar-refractivity contribution is 8.06. The first-order valence-electron chi connectivity index (χ1n) is 4.97. The molecule has 11 heteroatoms. The molecule has 0 heterocycles. The molecule has 0 bridgehead atoms. The first kappa shape index (κ1) is 31.7. The average Bonchev–Trinajstić information content (AvgIpc) is 2.18. The molecule has 18 heavy (non-hydrogen) atoms. The first-order valence-corrected chi connectivity index (χ1v) is 11.7. The molecule has 0 radical (unpaired) electrons. The van der Waals surface area contributed by atoms with Crippen LogP contribution in [0.2, 0.25) is 0 Å². The Labute approximate surface area is 125 Å². The minimum Gasteiger partial charge on any atom is -0.325 e. The topological polar surface area (TPSA) is 121 Å². The smallest absolute Gasteiger partial charge is 0.319 e. The second-order valence-corrected chi connectivity index (χ2v) is 7.75. The van der Waals surface area contributed by atoms with E-state index in [0.29, 0.717) is 0 Å². The Balaban J connectivity index is -0.0000000414. The molecule has 0 atom stereocenters. The van der Waals surface area contributed by atoms with Gasteiger partial charge in [-0.3, -0.25) is 0 Å². The van der Waals surface area contributed by atoms with E-state index in [1.165, 1.54) is 5.75 Å². The maximum absolute atomic E-state index is 7.56. The fourth-order valence-electron chi connectivity index (χ4n) is 0. The monoisotopic (exact) mass is 364 g/mol. The summed E-state index contributed by atoms with van der Waals surface area (Å²) in [4.78, 5) is 45.3. The normalized spacial score (nSPS) is 8.89. The van der Waals surface area contributed by atoms with E-state index in [9.17, 15) is 0 Å². The van der Waals surface area contributed by atoms with Crippen LogP contribution in [0.15, 0.2) is 0 Å². The van der Waals surface area contributed by atoms with Crippen molar-refractivity contribution in [2.24, 2.45) is 0 Å². The van der Waals surface area contributed by atoms with Crippen LogP contribution in [0.3, 0.4) is 0 Å². The van der Waals surface area contributed by atoms with Crippen LogP contribution in [0.25, 0.3) is 0 Å². The SMILES string of the molecule is CC.CC.CCSC.OP(O)(O)=S.OP(O)(O)=S. The second kappa shape index (κ2) is 23.5. The van der Waals surface area contributed by atoms with Crippen molar-refractivity contribution >= 4 is 48.8 Å². The van der Waals surface area contributed by atoms with E-state index in [1.54, 1.807) is 0 Å². The predicted octanol–water partition coefficient (Wildman–Crippen LogP) is 1.80. The lowest BCUT2D eigenvalue weighted by Crippen LogP contribution is -1.65. The van der Waals surface area contributed by atoms with Crippen LogP contribution in [0.4, 0.5) is 0 Å². The molecule has 6 N–H and O–H groups in total. The molecule has 0 rings (SSSR count). The predicted molar refractivity (Wildman–Crippen MR) is 88.6 cm³/mol. The summed E-state index contributed by atoms with van der Waals surface area (Å²) >= 11 is 9.06. The van der Waals surface area contributed by atoms with E-state index < -0.39 is 13.4 Å². The van der Waals surface area contributed by atoms with Gasteiger partial charge in [0.1, 0.15) is 0 Å². The van der Waals surface area contributed by atoms with Crippen molar-refractivity contribution in [2.75, 3.05) is 12.0 Å². The van der Waals surface area contributed by atoms with Crippen LogP contribution in [0, 0.1) is 0 Å². The average molecular weight is 364 g/mol. The van der Waals surface area contributed by atoms with Gasteiger partial charge in [0.15, 0.2) is 0 Å². The Hall–Kier alpha value is 1.41. The van der Waals surface area contributed by atoms with Crippen LogP contribution < -0.4 is 0 Å². The summed E-state index contributed by atoms with van der Waals surface area (Å²) in [5.41, 5.74) is 0. The van der Waals surface area contributed by atoms with Gasteiger partial charge in [-0.2, -0.15) is 11.8 Å². The van der Waals surface area contributed by atoms with Crippen molar-refractivity contribution < 1.29 is 29.4 Å². The summed E-state index contributed by atoms with van der Waals surface area (Å²) < 4.78 is 0. The zero-order chi connectivity index (χ0) is 16.4. The molecule has 0 aliphatic heterocycles. The molecule has 6 nitrogen and oxygen atoms in total. The van der Waals surface area contributed by atoms with Gasteiger partial charge in [-0.1, -0.05) is 34.6 Å². The van der Waals surface area contributed by atoms with E-state index in [-0.39, 0.29) is 0 Å². The maximum Gasteiger partial charge on any atom is 0.319 e. The summed E-state index contributed by atoms with van der Waals surface area (Å²) in [7, 11) is 0. The highest BCUT2D eigenvalue weighted by atomic mass is 32.5. The molecule has 0 unspecified atom stereocenters. The Kier molecular flexibility index (Phi) is 41.4. The molecule has 0 aliphatic rings. The fraction of sp³-hybridized carbons (Fsp3) is 1.00. The Morgan fingerprint density at radius 2 is 0.833 bits per heavy atom. The summed E-state index contributed by atoms with van der Waals surface area (Å²) in [6, 6.07) is 0. The van der Waals surface area contributed by atoms with Crippen molar-refractivity contribution in [3.05, 3.63) is 0 Å². The van der Waals surface area contributed by atoms with E-state index in [2.05, 4.69) is 36.8 Å². The lowest BCUT2D eigenvalue weighted by Gasteiger charge is -1.88. The lowest BCUT2D eigenvalue weighted by molar-refractivity contribution is 0.361. The summed E-state index contributed by atoms with van der Waals surface area (Å²) in [5, 5.41) is 0. The van der Waals surface area contributed by atoms with Crippen LogP contribution >= 0.6 is 25.2 Å². The highest BCUT2D eigenvalue weighted by Crippen LogP contribution is 2.26. The zero-order valence-electron chi connectivity index (χ0n) is 11.5. The van der Waals surface area contributed by atoms with Crippen LogP contribution in [0.1, 0.15) is 34.6 Å². The third-order valence-electron chi connectivity index (χ3n) is 0.289. The summed E-state index contributed by atoms with van der Waals surface area (Å²) in [5.74, 6) is 1.24. The molecule has 0 fully saturated rings. The van der Waals surface area contributed by atoms with Crippen molar-refractivity contribution in [3.63, 3.8) is 0 Å². The Bertz CT molecular complexity index is 167. The van der Waals surface area contributed by atoms with Gasteiger partial charge in [0.05, 0.1) is 0 Å². The summed E-state index contributed by atoms with van der Waals surface area (Å²) in [6.45, 7) is 2.53. The van der Waals surface area contributed by atoms with Crippen LogP contribution in [0.5, 0.6) is 0 Å². The molecule has 0 aliphatic carbocycles. The molecule has 118 valence electrons. The molecule has 0 amide bonds. The minimum atomic E-state index is -3.81. The molecular formula is C7H26O6P2S3. The first-order chi connectivity index (χ1) is 7.91. The van der Waals surface area contributed by atoms with Gasteiger partial charge in [-0.25, -0.2) is 0 Å². The van der Waals surface area contributed by atoms with E-state index in [1.807, 2.05) is 39.5 Å². The maximum atomic E-state index is 7.56. The van der Waals surface area contributed by atoms with Crippen molar-refractivity contribution in [3.8, 4) is 0 Å². The number of rotatable bonds is 1. The Morgan fingerprint density at radius 3 is 0.833 bits per heavy atom. The van der Waals surface area contributed by atoms with Crippen molar-refractivity contribution in [2.45, 2.75) is 34.6 Å². The third-order valence-corrected chi connectivity index (χ3v) is 0.866. The number of hydrogen-bond acceptors (Lipinski definition) is 3. The van der Waals surface area contributed by atoms with Crippen molar-refractivity contribution in [1.29, 1.82) is 0 Å². The number of thioether (sulfide) groups is 1. The molecule has 0 spiro atoms. The minimum absolute atomic E-state index is 1.24. The highest BCUT2D eigenvalue weighted by Gasteiger charge is 1.92. The quantitative estimate of drug-likeness (QED) is 0.387. The van der Waals surface area contributed by atoms with Gasteiger partial charge in [-0.05, 0) is 35.6 Å². The Morgan fingerprint density at radius 1 is 0.778 bits per heavy atom. The molecule has 0 saturated carbocycles. The number of hydrogen-bond donors (Lipinski definition) is 6. The molecule has 0 aromatic carbocycles. The second-order valence-electron chi connectivity index (χ2n) is 1.60. The van der Waals surface area contributed by atoms with E-state index in [0.717, 1.165) is 0 Å². The largest absolute Gasteiger partial charge is 0.325 e. The van der Waals surface area contributed by atoms with E-state index >= 15 is 0 Å².